The van der Waals surface area contributed by atoms with Crippen molar-refractivity contribution >= 4 is 111 Å². The number of nitrogens with zero attached hydrogens (tertiary/aromatic N) is 6. The van der Waals surface area contributed by atoms with Crippen molar-refractivity contribution in [2.45, 2.75) is 0 Å². The first-order chi connectivity index (χ1) is 25.6. The quantitative estimate of drug-likeness (QED) is 0.132. The Kier molecular flexibility index (Phi) is 9.48. The van der Waals surface area contributed by atoms with Crippen molar-refractivity contribution in [2.75, 3.05) is 0 Å². The van der Waals surface area contributed by atoms with Crippen LogP contribution < -0.4 is 0 Å². The monoisotopic (exact) mass is 764 g/mol. The minimum absolute atomic E-state index is 0. The van der Waals surface area contributed by atoms with Gasteiger partial charge in [0.1, 0.15) is 0 Å². The van der Waals surface area contributed by atoms with Crippen LogP contribution in [0, 0.1) is 0 Å². The summed E-state index contributed by atoms with van der Waals surface area (Å²) in [5.74, 6) is 0. The molecular weight excluding hydrogens is 739 g/mol. The number of hydrogen-bond donors (Lipinski definition) is 0. The standard InChI is InChI=1S/2C22H13ClN3.Fe/c2*23-16-11-18-17-8-2-1-5-15(17)13-25-22(18)20(12-16)26-19-9-3-6-14-7-4-10-24-21(14)19;/h2*1-13H;/q2*-1;+2. The summed E-state index contributed by atoms with van der Waals surface area (Å²) in [5, 5.41) is 19.5. The minimum atomic E-state index is 0. The van der Waals surface area contributed by atoms with E-state index in [4.69, 9.17) is 33.8 Å². The van der Waals surface area contributed by atoms with Crippen LogP contribution in [-0.2, 0) is 17.1 Å². The van der Waals surface area contributed by atoms with Crippen molar-refractivity contribution < 1.29 is 17.1 Å². The maximum atomic E-state index is 6.41. The van der Waals surface area contributed by atoms with Gasteiger partial charge in [-0.2, -0.15) is 0 Å². The molecule has 0 aliphatic carbocycles. The average molecular weight is 765 g/mol. The molecule has 0 fully saturated rings. The van der Waals surface area contributed by atoms with Crippen LogP contribution >= 0.6 is 23.2 Å². The molecular formula is C44H26Cl2FeN6. The molecule has 0 unspecified atom stereocenters. The van der Waals surface area contributed by atoms with Crippen molar-refractivity contribution in [3.8, 4) is 0 Å². The smallest absolute Gasteiger partial charge is 0.654 e. The largest absolute Gasteiger partial charge is 2.00 e. The molecule has 254 valence electrons. The number of pyridine rings is 4. The number of benzene rings is 6. The summed E-state index contributed by atoms with van der Waals surface area (Å²) in [6.07, 6.45) is 7.32. The number of fused-ring (bicyclic) bond motifs is 8. The number of aromatic nitrogens is 4. The van der Waals surface area contributed by atoms with E-state index in [9.17, 15) is 0 Å². The first-order valence-corrected chi connectivity index (χ1v) is 17.4. The van der Waals surface area contributed by atoms with Crippen LogP contribution in [-0.4, -0.2) is 19.9 Å². The molecule has 0 N–H and O–H groups in total. The summed E-state index contributed by atoms with van der Waals surface area (Å²) in [5.41, 5.74) is 6.51. The van der Waals surface area contributed by atoms with Crippen molar-refractivity contribution in [1.29, 1.82) is 0 Å². The van der Waals surface area contributed by atoms with Crippen LogP contribution in [0.2, 0.25) is 10.0 Å². The zero-order chi connectivity index (χ0) is 35.0. The van der Waals surface area contributed by atoms with Crippen LogP contribution in [0.1, 0.15) is 0 Å². The minimum Gasteiger partial charge on any atom is -0.654 e. The van der Waals surface area contributed by atoms with E-state index in [1.807, 2.05) is 134 Å². The molecule has 0 aliphatic heterocycles. The van der Waals surface area contributed by atoms with E-state index in [0.717, 1.165) is 87.9 Å². The van der Waals surface area contributed by atoms with Crippen molar-refractivity contribution in [3.05, 3.63) is 179 Å². The predicted octanol–water partition coefficient (Wildman–Crippen LogP) is 13.9. The summed E-state index contributed by atoms with van der Waals surface area (Å²) in [6, 6.07) is 43.8. The zero-order valence-corrected chi connectivity index (χ0v) is 30.4. The first-order valence-electron chi connectivity index (χ1n) is 16.6. The maximum absolute atomic E-state index is 6.41. The van der Waals surface area contributed by atoms with Gasteiger partial charge in [-0.3, -0.25) is 19.9 Å². The molecule has 9 heteroatoms. The summed E-state index contributed by atoms with van der Waals surface area (Å²) in [4.78, 5) is 18.3. The third-order valence-electron chi connectivity index (χ3n) is 8.98. The fourth-order valence-corrected chi connectivity index (χ4v) is 7.04. The molecule has 6 nitrogen and oxygen atoms in total. The number of halogens is 2. The number of rotatable bonds is 4. The van der Waals surface area contributed by atoms with Gasteiger partial charge in [0.05, 0.1) is 22.1 Å². The fraction of sp³-hybridized carbons (Fsp3) is 0. The molecule has 0 atom stereocenters. The molecule has 0 bridgehead atoms. The fourth-order valence-electron chi connectivity index (χ4n) is 6.62. The molecule has 0 saturated carbocycles. The summed E-state index contributed by atoms with van der Waals surface area (Å²) in [6.45, 7) is 0. The van der Waals surface area contributed by atoms with Gasteiger partial charge in [-0.15, -0.1) is 22.7 Å². The van der Waals surface area contributed by atoms with Gasteiger partial charge in [-0.05, 0) is 45.8 Å². The molecule has 4 heterocycles. The van der Waals surface area contributed by atoms with Crippen LogP contribution in [0.3, 0.4) is 0 Å². The van der Waals surface area contributed by atoms with E-state index < -0.39 is 0 Å². The van der Waals surface area contributed by atoms with Crippen molar-refractivity contribution in [1.82, 2.24) is 19.9 Å². The SMILES string of the molecule is Clc1cc([N-]c2cccc3cccnc23)c2ncc3ccccc3c2c1.Clc1cc([N-]c2cccc3cccnc23)c2ncc3ccccc3c2c1.[Fe+2]. The molecule has 6 aromatic carbocycles. The van der Waals surface area contributed by atoms with E-state index in [-0.39, 0.29) is 17.1 Å². The molecule has 4 aromatic heterocycles. The Labute approximate surface area is 325 Å². The Bertz CT molecular complexity index is 2760. The van der Waals surface area contributed by atoms with Gasteiger partial charge in [0.2, 0.25) is 0 Å². The summed E-state index contributed by atoms with van der Waals surface area (Å²) >= 11 is 12.8. The Hall–Kier alpha value is -5.82. The molecule has 0 spiro atoms. The zero-order valence-electron chi connectivity index (χ0n) is 27.8. The van der Waals surface area contributed by atoms with Crippen LogP contribution in [0.15, 0.2) is 158 Å². The van der Waals surface area contributed by atoms with Gasteiger partial charge < -0.3 is 10.6 Å². The van der Waals surface area contributed by atoms with E-state index in [0.29, 0.717) is 10.0 Å². The molecule has 10 rings (SSSR count). The maximum Gasteiger partial charge on any atom is 2.00 e. The van der Waals surface area contributed by atoms with E-state index in [1.165, 1.54) is 0 Å². The molecule has 10 aromatic rings. The normalized spacial score (nSPS) is 11.1. The Morgan fingerprint density at radius 3 is 1.25 bits per heavy atom. The van der Waals surface area contributed by atoms with Gasteiger partial charge in [-0.1, -0.05) is 132 Å². The van der Waals surface area contributed by atoms with Crippen LogP contribution in [0.25, 0.3) is 75.8 Å². The number of hydrogen-bond acceptors (Lipinski definition) is 4. The Morgan fingerprint density at radius 1 is 0.358 bits per heavy atom. The second-order valence-corrected chi connectivity index (χ2v) is 13.1. The van der Waals surface area contributed by atoms with E-state index in [2.05, 4.69) is 32.1 Å². The van der Waals surface area contributed by atoms with Gasteiger partial charge in [0.25, 0.3) is 0 Å². The van der Waals surface area contributed by atoms with Gasteiger partial charge in [0, 0.05) is 56.4 Å². The van der Waals surface area contributed by atoms with Gasteiger partial charge in [0.15, 0.2) is 0 Å². The molecule has 0 radical (unpaired) electrons. The number of para-hydroxylation sites is 2. The third-order valence-corrected chi connectivity index (χ3v) is 9.42. The molecule has 0 saturated heterocycles. The van der Waals surface area contributed by atoms with E-state index in [1.54, 1.807) is 12.4 Å². The van der Waals surface area contributed by atoms with Gasteiger partial charge >= 0.3 is 17.1 Å². The Morgan fingerprint density at radius 2 is 0.774 bits per heavy atom. The third kappa shape index (κ3) is 6.68. The molecule has 53 heavy (non-hydrogen) atoms. The van der Waals surface area contributed by atoms with Crippen molar-refractivity contribution in [2.24, 2.45) is 0 Å². The summed E-state index contributed by atoms with van der Waals surface area (Å²) in [7, 11) is 0. The molecule has 0 aliphatic rings. The topological polar surface area (TPSA) is 79.8 Å². The van der Waals surface area contributed by atoms with Gasteiger partial charge in [-0.25, -0.2) is 0 Å². The molecule has 0 amide bonds. The first kappa shape index (κ1) is 34.3. The van der Waals surface area contributed by atoms with Crippen LogP contribution in [0.4, 0.5) is 22.7 Å². The average Bonchev–Trinajstić information content (AvgIpc) is 3.18. The predicted molar refractivity (Wildman–Crippen MR) is 217 cm³/mol. The van der Waals surface area contributed by atoms with E-state index >= 15 is 0 Å². The Balaban J connectivity index is 0.000000148. The van der Waals surface area contributed by atoms with Crippen molar-refractivity contribution in [3.63, 3.8) is 0 Å². The second kappa shape index (κ2) is 14.7. The van der Waals surface area contributed by atoms with Crippen LogP contribution in [0.5, 0.6) is 0 Å². The second-order valence-electron chi connectivity index (χ2n) is 12.3. The summed E-state index contributed by atoms with van der Waals surface area (Å²) < 4.78 is 0.